The highest BCUT2D eigenvalue weighted by molar-refractivity contribution is 7.99. The normalized spacial score (nSPS) is 11.1. The number of hydrogen-bond donors (Lipinski definition) is 0. The van der Waals surface area contributed by atoms with Gasteiger partial charge < -0.3 is 4.74 Å². The van der Waals surface area contributed by atoms with E-state index in [-0.39, 0.29) is 5.97 Å². The first-order valence-electron chi connectivity index (χ1n) is 10.8. The molecular formula is C26H34O2S. The molecular weight excluding hydrogens is 376 g/mol. The van der Waals surface area contributed by atoms with E-state index in [1.807, 2.05) is 23.9 Å². The molecule has 0 aliphatic carbocycles. The zero-order chi connectivity index (χ0) is 20.7. The quantitative estimate of drug-likeness (QED) is 0.145. The van der Waals surface area contributed by atoms with Crippen LogP contribution >= 0.6 is 11.8 Å². The molecule has 0 saturated carbocycles. The van der Waals surface area contributed by atoms with E-state index in [1.54, 1.807) is 12.1 Å². The minimum atomic E-state index is -0.305. The maximum absolute atomic E-state index is 11.5. The van der Waals surface area contributed by atoms with Crippen molar-refractivity contribution in [3.63, 3.8) is 0 Å². The van der Waals surface area contributed by atoms with Gasteiger partial charge in [-0.1, -0.05) is 88.3 Å². The number of ether oxygens (including phenoxy) is 1. The molecule has 0 unspecified atom stereocenters. The number of thioether (sulfide) groups is 1. The van der Waals surface area contributed by atoms with E-state index >= 15 is 0 Å². The van der Waals surface area contributed by atoms with Gasteiger partial charge in [0.2, 0.25) is 0 Å². The second-order valence-electron chi connectivity index (χ2n) is 7.34. The van der Waals surface area contributed by atoms with E-state index in [0.29, 0.717) is 5.56 Å². The number of esters is 1. The fourth-order valence-electron chi connectivity index (χ4n) is 3.14. The molecule has 0 aliphatic rings. The lowest BCUT2D eigenvalue weighted by atomic mass is 10.1. The molecule has 0 spiro atoms. The van der Waals surface area contributed by atoms with Crippen molar-refractivity contribution in [1.82, 2.24) is 0 Å². The van der Waals surface area contributed by atoms with E-state index in [4.69, 9.17) is 4.74 Å². The molecule has 0 saturated heterocycles. The van der Waals surface area contributed by atoms with Crippen LogP contribution in [0.2, 0.25) is 0 Å². The first kappa shape index (κ1) is 23.3. The van der Waals surface area contributed by atoms with Gasteiger partial charge in [0.1, 0.15) is 0 Å². The van der Waals surface area contributed by atoms with E-state index in [1.165, 1.54) is 74.7 Å². The number of methoxy groups -OCH3 is 1. The molecule has 2 rings (SSSR count). The number of benzene rings is 2. The summed E-state index contributed by atoms with van der Waals surface area (Å²) in [4.78, 5) is 12.8. The zero-order valence-corrected chi connectivity index (χ0v) is 18.7. The van der Waals surface area contributed by atoms with Gasteiger partial charge in [0.25, 0.3) is 0 Å². The van der Waals surface area contributed by atoms with Gasteiger partial charge in [0.05, 0.1) is 12.7 Å². The molecule has 0 fully saturated rings. The molecule has 156 valence electrons. The van der Waals surface area contributed by atoms with Crippen molar-refractivity contribution in [2.75, 3.05) is 12.9 Å². The van der Waals surface area contributed by atoms with Gasteiger partial charge in [0, 0.05) is 4.90 Å². The average molecular weight is 411 g/mol. The largest absolute Gasteiger partial charge is 0.465 e. The summed E-state index contributed by atoms with van der Waals surface area (Å²) in [6.07, 6.45) is 15.1. The predicted molar refractivity (Wildman–Crippen MR) is 126 cm³/mol. The summed E-state index contributed by atoms with van der Waals surface area (Å²) in [6, 6.07) is 16.2. The van der Waals surface area contributed by atoms with Gasteiger partial charge in [-0.2, -0.15) is 0 Å². The lowest BCUT2D eigenvalue weighted by Crippen LogP contribution is -2.00. The summed E-state index contributed by atoms with van der Waals surface area (Å²) >= 11 is 1.95. The highest BCUT2D eigenvalue weighted by atomic mass is 32.2. The van der Waals surface area contributed by atoms with Gasteiger partial charge in [-0.25, -0.2) is 4.79 Å². The van der Waals surface area contributed by atoms with Gasteiger partial charge in [0.15, 0.2) is 0 Å². The fourth-order valence-corrected chi connectivity index (χ4v) is 4.05. The molecule has 0 atom stereocenters. The minimum absolute atomic E-state index is 0.305. The Balaban J connectivity index is 1.67. The third-order valence-corrected chi connectivity index (χ3v) is 6.05. The fraction of sp³-hybridized carbons (Fsp3) is 0.423. The number of unbranched alkanes of at least 4 members (excludes halogenated alkanes) is 7. The van der Waals surface area contributed by atoms with Crippen LogP contribution in [0.25, 0.3) is 12.2 Å². The van der Waals surface area contributed by atoms with Crippen LogP contribution < -0.4 is 0 Å². The van der Waals surface area contributed by atoms with Crippen molar-refractivity contribution < 1.29 is 9.53 Å². The Morgan fingerprint density at radius 2 is 1.31 bits per heavy atom. The van der Waals surface area contributed by atoms with E-state index in [0.717, 1.165) is 5.56 Å². The first-order chi connectivity index (χ1) is 14.2. The Kier molecular flexibility index (Phi) is 11.3. The summed E-state index contributed by atoms with van der Waals surface area (Å²) in [7, 11) is 1.40. The standard InChI is InChI=1S/C26H34O2S/c1-3-4-5-6-7-8-9-10-21-29-25-19-15-23(16-20-25)12-11-22-13-17-24(18-14-22)26(27)28-2/h11-20H,3-10,21H2,1-2H3/b12-11+. The summed E-state index contributed by atoms with van der Waals surface area (Å²) in [6.45, 7) is 2.27. The maximum atomic E-state index is 11.5. The molecule has 2 aromatic carbocycles. The highest BCUT2D eigenvalue weighted by Crippen LogP contribution is 2.21. The third-order valence-electron chi connectivity index (χ3n) is 4.95. The average Bonchev–Trinajstić information content (AvgIpc) is 2.77. The molecule has 0 aromatic heterocycles. The van der Waals surface area contributed by atoms with Crippen LogP contribution in [0, 0.1) is 0 Å². The Morgan fingerprint density at radius 1 is 0.793 bits per heavy atom. The van der Waals surface area contributed by atoms with Gasteiger partial charge in [-0.05, 0) is 47.6 Å². The minimum Gasteiger partial charge on any atom is -0.465 e. The van der Waals surface area contributed by atoms with Crippen LogP contribution in [0.15, 0.2) is 53.4 Å². The monoisotopic (exact) mass is 410 g/mol. The van der Waals surface area contributed by atoms with Gasteiger partial charge >= 0.3 is 5.97 Å². The van der Waals surface area contributed by atoms with Crippen molar-refractivity contribution in [3.05, 3.63) is 65.2 Å². The van der Waals surface area contributed by atoms with Gasteiger partial charge in [-0.15, -0.1) is 11.8 Å². The maximum Gasteiger partial charge on any atom is 0.337 e. The molecule has 3 heteroatoms. The summed E-state index contributed by atoms with van der Waals surface area (Å²) in [5, 5.41) is 0. The summed E-state index contributed by atoms with van der Waals surface area (Å²) < 4.78 is 4.72. The SMILES string of the molecule is CCCCCCCCCCSc1ccc(/C=C/c2ccc(C(=O)OC)cc2)cc1. The molecule has 2 aromatic rings. The van der Waals surface area contributed by atoms with Crippen molar-refractivity contribution in [2.45, 2.75) is 63.2 Å². The molecule has 0 bridgehead atoms. The zero-order valence-electron chi connectivity index (χ0n) is 17.9. The van der Waals surface area contributed by atoms with Crippen molar-refractivity contribution >= 4 is 29.9 Å². The Labute approximate surface area is 180 Å². The van der Waals surface area contributed by atoms with E-state index < -0.39 is 0 Å². The Morgan fingerprint density at radius 3 is 1.86 bits per heavy atom. The van der Waals surface area contributed by atoms with Crippen LogP contribution in [0.5, 0.6) is 0 Å². The smallest absolute Gasteiger partial charge is 0.337 e. The topological polar surface area (TPSA) is 26.3 Å². The van der Waals surface area contributed by atoms with E-state index in [9.17, 15) is 4.79 Å². The van der Waals surface area contributed by atoms with Crippen molar-refractivity contribution in [2.24, 2.45) is 0 Å². The van der Waals surface area contributed by atoms with Crippen molar-refractivity contribution in [3.8, 4) is 0 Å². The second kappa shape index (κ2) is 14.1. The number of carbonyl (C=O) groups is 1. The van der Waals surface area contributed by atoms with E-state index in [2.05, 4.69) is 43.3 Å². The third kappa shape index (κ3) is 9.36. The number of hydrogen-bond acceptors (Lipinski definition) is 3. The van der Waals surface area contributed by atoms with Crippen LogP contribution in [-0.4, -0.2) is 18.8 Å². The molecule has 0 N–H and O–H groups in total. The predicted octanol–water partition coefficient (Wildman–Crippen LogP) is 7.88. The molecule has 2 nitrogen and oxygen atoms in total. The van der Waals surface area contributed by atoms with Crippen LogP contribution in [0.1, 0.15) is 79.8 Å². The molecule has 29 heavy (non-hydrogen) atoms. The van der Waals surface area contributed by atoms with Crippen LogP contribution in [0.4, 0.5) is 0 Å². The van der Waals surface area contributed by atoms with Gasteiger partial charge in [-0.3, -0.25) is 0 Å². The molecule has 0 radical (unpaired) electrons. The Hall–Kier alpha value is -2.00. The molecule has 0 amide bonds. The lowest BCUT2D eigenvalue weighted by molar-refractivity contribution is 0.0600. The van der Waals surface area contributed by atoms with Crippen LogP contribution in [0.3, 0.4) is 0 Å². The lowest BCUT2D eigenvalue weighted by Gasteiger charge is -2.03. The first-order valence-corrected chi connectivity index (χ1v) is 11.8. The number of carbonyl (C=O) groups excluding carboxylic acids is 1. The van der Waals surface area contributed by atoms with Crippen molar-refractivity contribution in [1.29, 1.82) is 0 Å². The Bertz CT molecular complexity index is 732. The second-order valence-corrected chi connectivity index (χ2v) is 8.51. The van der Waals surface area contributed by atoms with Crippen LogP contribution in [-0.2, 0) is 4.74 Å². The highest BCUT2D eigenvalue weighted by Gasteiger charge is 2.03. The number of rotatable bonds is 13. The molecule has 0 heterocycles. The summed E-state index contributed by atoms with van der Waals surface area (Å²) in [5.74, 6) is 0.900. The molecule has 0 aliphatic heterocycles. The summed E-state index contributed by atoms with van der Waals surface area (Å²) in [5.41, 5.74) is 2.81.